The molecule has 0 aliphatic carbocycles. The molecular weight excluding hydrogens is 408 g/mol. The first-order chi connectivity index (χ1) is 16.2. The quantitative estimate of drug-likeness (QED) is 0.354. The minimum atomic E-state index is 0.480. The number of aromatic nitrogens is 2. The monoisotopic (exact) mass is 428 g/mol. The van der Waals surface area contributed by atoms with Crippen LogP contribution in [0.1, 0.15) is 11.1 Å². The molecule has 0 bridgehead atoms. The molecule has 0 aliphatic heterocycles. The Bertz CT molecular complexity index is 1460. The van der Waals surface area contributed by atoms with Crippen molar-refractivity contribution in [2.75, 3.05) is 11.1 Å². The Morgan fingerprint density at radius 2 is 1.36 bits per heavy atom. The van der Waals surface area contributed by atoms with Crippen LogP contribution < -0.4 is 11.1 Å². The summed E-state index contributed by atoms with van der Waals surface area (Å²) in [5.74, 6) is 0. The minimum Gasteiger partial charge on any atom is -0.396 e. The molecule has 0 unspecified atom stereocenters. The maximum Gasteiger partial charge on any atom is 0.107 e. The summed E-state index contributed by atoms with van der Waals surface area (Å²) in [6.07, 6.45) is 1.75. The van der Waals surface area contributed by atoms with Crippen LogP contribution in [0.4, 0.5) is 17.1 Å². The Hall–Kier alpha value is -5.07. The standard InChI is InChI=1S/C14H9N3.C13H11N3/c15-9-11-5-4-8-13-14(11)16-10-17(13)12-6-2-1-3-7-12;14-9-10-5-4-8-12(13(10)15)16-11-6-2-1-3-7-11/h1-8,10H;1-8,16H,15H2. The van der Waals surface area contributed by atoms with Gasteiger partial charge in [0.2, 0.25) is 0 Å². The summed E-state index contributed by atoms with van der Waals surface area (Å²) < 4.78 is 1.98. The van der Waals surface area contributed by atoms with Crippen molar-refractivity contribution in [1.29, 1.82) is 10.5 Å². The molecule has 6 nitrogen and oxygen atoms in total. The van der Waals surface area contributed by atoms with Crippen molar-refractivity contribution in [3.05, 3.63) is 115 Å². The van der Waals surface area contributed by atoms with Gasteiger partial charge in [-0.3, -0.25) is 4.57 Å². The molecule has 0 atom stereocenters. The first-order valence-corrected chi connectivity index (χ1v) is 10.2. The van der Waals surface area contributed by atoms with Gasteiger partial charge in [0.25, 0.3) is 0 Å². The first kappa shape index (κ1) is 21.2. The molecule has 5 rings (SSSR count). The van der Waals surface area contributed by atoms with Gasteiger partial charge in [-0.05, 0) is 48.5 Å². The Morgan fingerprint density at radius 3 is 2.06 bits per heavy atom. The third-order valence-corrected chi connectivity index (χ3v) is 5.01. The van der Waals surface area contributed by atoms with Crippen molar-refractivity contribution in [2.24, 2.45) is 0 Å². The van der Waals surface area contributed by atoms with Crippen LogP contribution in [0.3, 0.4) is 0 Å². The van der Waals surface area contributed by atoms with Crippen molar-refractivity contribution in [3.8, 4) is 17.8 Å². The topological polar surface area (TPSA) is 103 Å². The van der Waals surface area contributed by atoms with Gasteiger partial charge in [-0.1, -0.05) is 48.5 Å². The van der Waals surface area contributed by atoms with Crippen LogP contribution in [0.25, 0.3) is 16.7 Å². The second kappa shape index (κ2) is 9.82. The van der Waals surface area contributed by atoms with Gasteiger partial charge in [-0.25, -0.2) is 4.98 Å². The third-order valence-electron chi connectivity index (χ3n) is 5.01. The number of nitrogens with one attached hydrogen (secondary N) is 1. The van der Waals surface area contributed by atoms with E-state index < -0.39 is 0 Å². The molecule has 0 spiro atoms. The van der Waals surface area contributed by atoms with E-state index in [0.717, 1.165) is 28.1 Å². The van der Waals surface area contributed by atoms with Crippen LogP contribution in [0.5, 0.6) is 0 Å². The van der Waals surface area contributed by atoms with E-state index in [1.54, 1.807) is 24.5 Å². The van der Waals surface area contributed by atoms with Crippen LogP contribution in [0.15, 0.2) is 103 Å². The fourth-order valence-electron chi connectivity index (χ4n) is 3.37. The van der Waals surface area contributed by atoms with E-state index in [2.05, 4.69) is 22.4 Å². The molecule has 33 heavy (non-hydrogen) atoms. The number of fused-ring (bicyclic) bond motifs is 1. The van der Waals surface area contributed by atoms with E-state index in [1.165, 1.54) is 0 Å². The lowest BCUT2D eigenvalue weighted by Crippen LogP contribution is -1.98. The Kier molecular flexibility index (Phi) is 6.30. The Morgan fingerprint density at radius 1 is 0.727 bits per heavy atom. The largest absolute Gasteiger partial charge is 0.396 e. The van der Waals surface area contributed by atoms with Crippen LogP contribution in [0, 0.1) is 22.7 Å². The van der Waals surface area contributed by atoms with Gasteiger partial charge in [0, 0.05) is 11.4 Å². The second-order valence-electron chi connectivity index (χ2n) is 7.10. The first-order valence-electron chi connectivity index (χ1n) is 10.2. The van der Waals surface area contributed by atoms with Gasteiger partial charge in [-0.15, -0.1) is 0 Å². The molecule has 0 saturated heterocycles. The number of hydrogen-bond donors (Lipinski definition) is 2. The minimum absolute atomic E-state index is 0.480. The number of anilines is 3. The highest BCUT2D eigenvalue weighted by molar-refractivity contribution is 5.83. The summed E-state index contributed by atoms with van der Waals surface area (Å²) in [6, 6.07) is 34.9. The molecule has 5 aromatic rings. The van der Waals surface area contributed by atoms with Crippen molar-refractivity contribution < 1.29 is 0 Å². The number of nitrogens with two attached hydrogens (primary N) is 1. The zero-order chi connectivity index (χ0) is 23.0. The number of benzene rings is 4. The average molecular weight is 428 g/mol. The van der Waals surface area contributed by atoms with Crippen LogP contribution in [-0.4, -0.2) is 9.55 Å². The smallest absolute Gasteiger partial charge is 0.107 e. The second-order valence-corrected chi connectivity index (χ2v) is 7.10. The van der Waals surface area contributed by atoms with Gasteiger partial charge in [0.15, 0.2) is 0 Å². The highest BCUT2D eigenvalue weighted by atomic mass is 15.0. The molecule has 1 aromatic heterocycles. The van der Waals surface area contributed by atoms with Crippen molar-refractivity contribution >= 4 is 28.1 Å². The summed E-state index contributed by atoms with van der Waals surface area (Å²) >= 11 is 0. The van der Waals surface area contributed by atoms with E-state index in [0.29, 0.717) is 16.8 Å². The van der Waals surface area contributed by atoms with Gasteiger partial charge >= 0.3 is 0 Å². The van der Waals surface area contributed by atoms with E-state index in [9.17, 15) is 0 Å². The Balaban J connectivity index is 0.000000157. The molecule has 4 aromatic carbocycles. The highest BCUT2D eigenvalue weighted by Crippen LogP contribution is 2.25. The number of nitriles is 2. The summed E-state index contributed by atoms with van der Waals surface area (Å²) in [4.78, 5) is 4.31. The number of nitrogen functional groups attached to an aromatic ring is 1. The number of para-hydroxylation sites is 4. The maximum atomic E-state index is 9.02. The molecule has 1 heterocycles. The fraction of sp³-hybridized carbons (Fsp3) is 0. The van der Waals surface area contributed by atoms with Gasteiger partial charge in [-0.2, -0.15) is 10.5 Å². The lowest BCUT2D eigenvalue weighted by atomic mass is 10.1. The predicted octanol–water partition coefficient (Wildman–Crippen LogP) is 5.78. The van der Waals surface area contributed by atoms with E-state index in [1.807, 2.05) is 83.4 Å². The highest BCUT2D eigenvalue weighted by Gasteiger charge is 2.07. The van der Waals surface area contributed by atoms with Crippen LogP contribution >= 0.6 is 0 Å². The number of nitrogens with zero attached hydrogens (tertiary/aromatic N) is 4. The van der Waals surface area contributed by atoms with Gasteiger partial charge < -0.3 is 11.1 Å². The zero-order valence-corrected chi connectivity index (χ0v) is 17.7. The summed E-state index contributed by atoms with van der Waals surface area (Å²) in [6.45, 7) is 0. The summed E-state index contributed by atoms with van der Waals surface area (Å²) in [7, 11) is 0. The third kappa shape index (κ3) is 4.66. The number of imidazole rings is 1. The molecule has 3 N–H and O–H groups in total. The lowest BCUT2D eigenvalue weighted by Gasteiger charge is -2.09. The van der Waals surface area contributed by atoms with Gasteiger partial charge in [0.1, 0.15) is 24.0 Å². The number of hydrogen-bond acceptors (Lipinski definition) is 5. The Labute approximate surface area is 191 Å². The van der Waals surface area contributed by atoms with Crippen LogP contribution in [0.2, 0.25) is 0 Å². The SMILES string of the molecule is N#Cc1cccc(Nc2ccccc2)c1N.N#Cc1cccc2c1ncn2-c1ccccc1. The predicted molar refractivity (Wildman–Crippen MR) is 131 cm³/mol. The van der Waals surface area contributed by atoms with Crippen molar-refractivity contribution in [2.45, 2.75) is 0 Å². The van der Waals surface area contributed by atoms with Crippen molar-refractivity contribution in [3.63, 3.8) is 0 Å². The van der Waals surface area contributed by atoms with Crippen LogP contribution in [-0.2, 0) is 0 Å². The summed E-state index contributed by atoms with van der Waals surface area (Å²) in [5, 5.41) is 21.0. The molecule has 0 radical (unpaired) electrons. The molecule has 0 aliphatic rings. The molecule has 0 amide bonds. The fourth-order valence-corrected chi connectivity index (χ4v) is 3.37. The van der Waals surface area contributed by atoms with Crippen molar-refractivity contribution in [1.82, 2.24) is 9.55 Å². The zero-order valence-electron chi connectivity index (χ0n) is 17.7. The van der Waals surface area contributed by atoms with E-state index in [4.69, 9.17) is 16.3 Å². The summed E-state index contributed by atoms with van der Waals surface area (Å²) in [5.41, 5.74) is 11.9. The maximum absolute atomic E-state index is 9.02. The molecular formula is C27H20N6. The van der Waals surface area contributed by atoms with Gasteiger partial charge in [0.05, 0.1) is 28.0 Å². The lowest BCUT2D eigenvalue weighted by molar-refractivity contribution is 1.09. The molecule has 158 valence electrons. The molecule has 6 heteroatoms. The van der Waals surface area contributed by atoms with E-state index in [-0.39, 0.29) is 0 Å². The normalized spacial score (nSPS) is 9.88. The molecule has 0 fully saturated rings. The molecule has 0 saturated carbocycles. The van der Waals surface area contributed by atoms with E-state index >= 15 is 0 Å². The average Bonchev–Trinajstić information content (AvgIpc) is 3.31. The number of rotatable bonds is 3.